The van der Waals surface area contributed by atoms with Crippen LogP contribution in [0.25, 0.3) is 0 Å². The Balaban J connectivity index is 3.58. The van der Waals surface area contributed by atoms with Gasteiger partial charge in [0.05, 0.1) is 0 Å². The van der Waals surface area contributed by atoms with Crippen molar-refractivity contribution in [2.24, 2.45) is 16.3 Å². The highest BCUT2D eigenvalue weighted by Crippen LogP contribution is 2.21. The molecule has 0 radical (unpaired) electrons. The molecule has 0 heterocycles. The Morgan fingerprint density at radius 3 is 2.47 bits per heavy atom. The molecule has 0 aromatic rings. The standard InChI is InChI=1S/C10H23N3O2/c1-10(2,9(11)13-15)5-3-6-12-7-4-8-14/h12,14-15H,3-8H2,1-2H3,(H2,11,13). The van der Waals surface area contributed by atoms with Crippen LogP contribution in [0.5, 0.6) is 0 Å². The molecule has 0 fully saturated rings. The van der Waals surface area contributed by atoms with Gasteiger partial charge in [-0.15, -0.1) is 0 Å². The number of hydrogen-bond acceptors (Lipinski definition) is 4. The number of aliphatic hydroxyl groups excluding tert-OH is 1. The Morgan fingerprint density at radius 1 is 1.33 bits per heavy atom. The SMILES string of the molecule is CC(C)(CCCNCCCO)C(N)=NO. The number of nitrogens with zero attached hydrogens (tertiary/aromatic N) is 1. The van der Waals surface area contributed by atoms with Gasteiger partial charge >= 0.3 is 0 Å². The smallest absolute Gasteiger partial charge is 0.144 e. The van der Waals surface area contributed by atoms with Gasteiger partial charge in [-0.1, -0.05) is 19.0 Å². The van der Waals surface area contributed by atoms with E-state index in [0.717, 1.165) is 32.4 Å². The largest absolute Gasteiger partial charge is 0.409 e. The van der Waals surface area contributed by atoms with E-state index in [1.165, 1.54) is 0 Å². The maximum atomic E-state index is 8.56. The number of oxime groups is 1. The van der Waals surface area contributed by atoms with Gasteiger partial charge in [-0.25, -0.2) is 0 Å². The van der Waals surface area contributed by atoms with Gasteiger partial charge in [0.1, 0.15) is 5.84 Å². The molecule has 0 aliphatic heterocycles. The van der Waals surface area contributed by atoms with Crippen molar-refractivity contribution in [2.45, 2.75) is 33.1 Å². The summed E-state index contributed by atoms with van der Waals surface area (Å²) in [5.74, 6) is 0.276. The Kier molecular flexibility index (Phi) is 7.07. The van der Waals surface area contributed by atoms with Gasteiger partial charge in [-0.2, -0.15) is 0 Å². The summed E-state index contributed by atoms with van der Waals surface area (Å²) in [6.45, 7) is 5.86. The first-order valence-corrected chi connectivity index (χ1v) is 5.34. The lowest BCUT2D eigenvalue weighted by atomic mass is 9.86. The Morgan fingerprint density at radius 2 is 1.93 bits per heavy atom. The zero-order chi connectivity index (χ0) is 11.7. The number of rotatable bonds is 8. The van der Waals surface area contributed by atoms with E-state index < -0.39 is 0 Å². The van der Waals surface area contributed by atoms with Crippen molar-refractivity contribution in [3.63, 3.8) is 0 Å². The summed E-state index contributed by atoms with van der Waals surface area (Å²) in [7, 11) is 0. The van der Waals surface area contributed by atoms with Gasteiger partial charge in [0, 0.05) is 12.0 Å². The molecule has 90 valence electrons. The van der Waals surface area contributed by atoms with Crippen LogP contribution in [-0.2, 0) is 0 Å². The second kappa shape index (κ2) is 7.48. The molecule has 0 bridgehead atoms. The second-order valence-corrected chi connectivity index (χ2v) is 4.30. The minimum Gasteiger partial charge on any atom is -0.409 e. The molecule has 0 saturated carbocycles. The van der Waals surface area contributed by atoms with Gasteiger partial charge in [0.15, 0.2) is 0 Å². The minimum atomic E-state index is -0.257. The Labute approximate surface area is 91.4 Å². The van der Waals surface area contributed by atoms with Crippen molar-refractivity contribution < 1.29 is 10.3 Å². The van der Waals surface area contributed by atoms with Crippen LogP contribution in [0.3, 0.4) is 0 Å². The molecule has 5 heteroatoms. The lowest BCUT2D eigenvalue weighted by Gasteiger charge is -2.22. The minimum absolute atomic E-state index is 0.225. The van der Waals surface area contributed by atoms with E-state index in [-0.39, 0.29) is 17.9 Å². The third kappa shape index (κ3) is 6.30. The summed E-state index contributed by atoms with van der Waals surface area (Å²) in [6, 6.07) is 0. The zero-order valence-corrected chi connectivity index (χ0v) is 9.66. The first-order chi connectivity index (χ1) is 7.04. The van der Waals surface area contributed by atoms with Crippen molar-refractivity contribution in [2.75, 3.05) is 19.7 Å². The normalized spacial score (nSPS) is 13.1. The van der Waals surface area contributed by atoms with Gasteiger partial charge < -0.3 is 21.4 Å². The van der Waals surface area contributed by atoms with Crippen molar-refractivity contribution in [3.05, 3.63) is 0 Å². The fraction of sp³-hybridized carbons (Fsp3) is 0.900. The number of nitrogens with two attached hydrogens (primary N) is 1. The molecule has 0 aromatic heterocycles. The van der Waals surface area contributed by atoms with E-state index in [1.807, 2.05) is 13.8 Å². The van der Waals surface area contributed by atoms with E-state index in [0.29, 0.717) is 0 Å². The highest BCUT2D eigenvalue weighted by Gasteiger charge is 2.22. The Hall–Kier alpha value is -0.810. The molecule has 0 rings (SSSR count). The molecule has 5 nitrogen and oxygen atoms in total. The number of hydrogen-bond donors (Lipinski definition) is 4. The van der Waals surface area contributed by atoms with Gasteiger partial charge in [-0.05, 0) is 32.4 Å². The molecule has 0 aliphatic rings. The van der Waals surface area contributed by atoms with Crippen LogP contribution in [0.1, 0.15) is 33.1 Å². The number of aliphatic hydroxyl groups is 1. The Bertz CT molecular complexity index is 193. The maximum Gasteiger partial charge on any atom is 0.144 e. The molecular formula is C10H23N3O2. The molecule has 5 N–H and O–H groups in total. The summed E-state index contributed by atoms with van der Waals surface area (Å²) < 4.78 is 0. The topological polar surface area (TPSA) is 90.9 Å². The predicted molar refractivity (Wildman–Crippen MR) is 61.0 cm³/mol. The van der Waals surface area contributed by atoms with E-state index in [2.05, 4.69) is 10.5 Å². The van der Waals surface area contributed by atoms with Crippen molar-refractivity contribution in [3.8, 4) is 0 Å². The van der Waals surface area contributed by atoms with E-state index in [1.54, 1.807) is 0 Å². The summed E-state index contributed by atoms with van der Waals surface area (Å²) in [4.78, 5) is 0. The number of nitrogens with one attached hydrogen (secondary N) is 1. The average Bonchev–Trinajstić information content (AvgIpc) is 2.22. The van der Waals surface area contributed by atoms with Crippen LogP contribution in [0.15, 0.2) is 5.16 Å². The number of amidine groups is 1. The molecule has 0 unspecified atom stereocenters. The molecule has 0 saturated heterocycles. The molecule has 0 amide bonds. The van der Waals surface area contributed by atoms with Crippen LogP contribution in [0, 0.1) is 5.41 Å². The molecule has 0 aliphatic carbocycles. The van der Waals surface area contributed by atoms with E-state index in [9.17, 15) is 0 Å². The van der Waals surface area contributed by atoms with Gasteiger partial charge in [-0.3, -0.25) is 0 Å². The third-order valence-electron chi connectivity index (χ3n) is 2.47. The van der Waals surface area contributed by atoms with Crippen molar-refractivity contribution in [1.82, 2.24) is 5.32 Å². The highest BCUT2D eigenvalue weighted by molar-refractivity contribution is 5.85. The van der Waals surface area contributed by atoms with E-state index >= 15 is 0 Å². The van der Waals surface area contributed by atoms with Crippen LogP contribution in [0.4, 0.5) is 0 Å². The molecular weight excluding hydrogens is 194 g/mol. The van der Waals surface area contributed by atoms with E-state index in [4.69, 9.17) is 16.0 Å². The van der Waals surface area contributed by atoms with Crippen LogP contribution < -0.4 is 11.1 Å². The lowest BCUT2D eigenvalue weighted by Crippen LogP contribution is -2.32. The van der Waals surface area contributed by atoms with Crippen LogP contribution in [0.2, 0.25) is 0 Å². The predicted octanol–water partition coefficient (Wildman–Crippen LogP) is 0.511. The molecule has 0 aromatic carbocycles. The third-order valence-corrected chi connectivity index (χ3v) is 2.47. The fourth-order valence-electron chi connectivity index (χ4n) is 1.25. The summed E-state index contributed by atoms with van der Waals surface area (Å²) in [5.41, 5.74) is 5.30. The first-order valence-electron chi connectivity index (χ1n) is 5.34. The summed E-state index contributed by atoms with van der Waals surface area (Å²) in [6.07, 6.45) is 2.62. The van der Waals surface area contributed by atoms with Crippen LogP contribution in [-0.4, -0.2) is 35.8 Å². The lowest BCUT2D eigenvalue weighted by molar-refractivity contribution is 0.285. The fourth-order valence-corrected chi connectivity index (χ4v) is 1.25. The molecule has 0 spiro atoms. The average molecular weight is 217 g/mol. The van der Waals surface area contributed by atoms with Gasteiger partial charge in [0.25, 0.3) is 0 Å². The quantitative estimate of drug-likeness (QED) is 0.157. The monoisotopic (exact) mass is 217 g/mol. The molecule has 15 heavy (non-hydrogen) atoms. The zero-order valence-electron chi connectivity index (χ0n) is 9.66. The molecule has 0 atom stereocenters. The summed E-state index contributed by atoms with van der Waals surface area (Å²) in [5, 5.41) is 23.4. The highest BCUT2D eigenvalue weighted by atomic mass is 16.4. The first kappa shape index (κ1) is 14.2. The summed E-state index contributed by atoms with van der Waals surface area (Å²) >= 11 is 0. The van der Waals surface area contributed by atoms with Crippen molar-refractivity contribution in [1.29, 1.82) is 0 Å². The van der Waals surface area contributed by atoms with Crippen LogP contribution >= 0.6 is 0 Å². The maximum absolute atomic E-state index is 8.56. The van der Waals surface area contributed by atoms with Crippen molar-refractivity contribution >= 4 is 5.84 Å². The second-order valence-electron chi connectivity index (χ2n) is 4.30. The van der Waals surface area contributed by atoms with Gasteiger partial charge in [0.2, 0.25) is 0 Å².